The Kier molecular flexibility index (Phi) is 4.71. The lowest BCUT2D eigenvalue weighted by Gasteiger charge is -2.23. The van der Waals surface area contributed by atoms with Crippen molar-refractivity contribution >= 4 is 27.9 Å². The number of hydrogen-bond donors (Lipinski definition) is 2. The molecule has 24 heavy (non-hydrogen) atoms. The minimum absolute atomic E-state index is 0.0734. The topological polar surface area (TPSA) is 78.9 Å². The number of likely N-dealkylation sites (tertiary alicyclic amines) is 1. The SMILES string of the molecule is COc1ccc(Br)c(CNC(=O)N2C[C@@H]3CCC[C@@]3(C(=O)O)C2)c1. The number of carbonyl (C=O) groups is 2. The number of carboxylic acids is 1. The van der Waals surface area contributed by atoms with Gasteiger partial charge in [0.1, 0.15) is 5.75 Å². The first-order chi connectivity index (χ1) is 11.5. The highest BCUT2D eigenvalue weighted by atomic mass is 79.9. The molecule has 7 heteroatoms. The van der Waals surface area contributed by atoms with Gasteiger partial charge in [-0.15, -0.1) is 0 Å². The van der Waals surface area contributed by atoms with Crippen LogP contribution in [0.2, 0.25) is 0 Å². The van der Waals surface area contributed by atoms with E-state index in [4.69, 9.17) is 4.74 Å². The Balaban J connectivity index is 1.64. The number of urea groups is 1. The van der Waals surface area contributed by atoms with Crippen LogP contribution in [0.1, 0.15) is 24.8 Å². The molecule has 1 aliphatic heterocycles. The van der Waals surface area contributed by atoms with Crippen LogP contribution >= 0.6 is 15.9 Å². The molecule has 1 saturated carbocycles. The van der Waals surface area contributed by atoms with E-state index < -0.39 is 11.4 Å². The Bertz CT molecular complexity index is 666. The Hall–Kier alpha value is -1.76. The molecule has 0 spiro atoms. The lowest BCUT2D eigenvalue weighted by Crippen LogP contribution is -2.41. The number of amides is 2. The molecule has 2 fully saturated rings. The summed E-state index contributed by atoms with van der Waals surface area (Å²) in [5, 5.41) is 12.5. The second-order valence-corrected chi connectivity index (χ2v) is 7.40. The third-order valence-corrected chi connectivity index (χ3v) is 6.04. The average molecular weight is 397 g/mol. The highest BCUT2D eigenvalue weighted by Crippen LogP contribution is 2.48. The normalized spacial score (nSPS) is 25.4. The molecule has 2 atom stereocenters. The van der Waals surface area contributed by atoms with Crippen LogP contribution in [-0.2, 0) is 11.3 Å². The van der Waals surface area contributed by atoms with E-state index in [0.29, 0.717) is 26.1 Å². The Morgan fingerprint density at radius 2 is 2.29 bits per heavy atom. The van der Waals surface area contributed by atoms with Gasteiger partial charge in [0.15, 0.2) is 0 Å². The van der Waals surface area contributed by atoms with E-state index >= 15 is 0 Å². The number of nitrogens with zero attached hydrogens (tertiary/aromatic N) is 1. The van der Waals surface area contributed by atoms with Gasteiger partial charge in [0, 0.05) is 24.1 Å². The number of aliphatic carboxylic acids is 1. The molecule has 2 aliphatic rings. The number of rotatable bonds is 4. The second kappa shape index (κ2) is 6.63. The highest BCUT2D eigenvalue weighted by Gasteiger charge is 2.55. The van der Waals surface area contributed by atoms with Crippen LogP contribution in [0.25, 0.3) is 0 Å². The zero-order valence-electron chi connectivity index (χ0n) is 13.5. The summed E-state index contributed by atoms with van der Waals surface area (Å²) in [7, 11) is 1.60. The number of benzene rings is 1. The van der Waals surface area contributed by atoms with E-state index in [2.05, 4.69) is 21.2 Å². The second-order valence-electron chi connectivity index (χ2n) is 6.55. The van der Waals surface area contributed by atoms with E-state index in [9.17, 15) is 14.7 Å². The summed E-state index contributed by atoms with van der Waals surface area (Å²) >= 11 is 3.46. The molecule has 2 amide bonds. The third kappa shape index (κ3) is 2.97. The van der Waals surface area contributed by atoms with E-state index in [1.165, 1.54) is 0 Å². The molecular weight excluding hydrogens is 376 g/mol. The summed E-state index contributed by atoms with van der Waals surface area (Å²) in [6.45, 7) is 1.19. The number of hydrogen-bond acceptors (Lipinski definition) is 3. The zero-order valence-corrected chi connectivity index (χ0v) is 15.1. The molecule has 1 saturated heterocycles. The number of methoxy groups -OCH3 is 1. The van der Waals surface area contributed by atoms with Crippen molar-refractivity contribution in [3.63, 3.8) is 0 Å². The number of halogens is 1. The summed E-state index contributed by atoms with van der Waals surface area (Å²) in [5.41, 5.74) is 0.170. The minimum atomic E-state index is -0.768. The Labute approximate surface area is 149 Å². The van der Waals surface area contributed by atoms with Crippen molar-refractivity contribution in [3.8, 4) is 5.75 Å². The highest BCUT2D eigenvalue weighted by molar-refractivity contribution is 9.10. The Morgan fingerprint density at radius 1 is 1.50 bits per heavy atom. The summed E-state index contributed by atoms with van der Waals surface area (Å²) in [5.74, 6) is 0.0307. The fraction of sp³-hybridized carbons (Fsp3) is 0.529. The van der Waals surface area contributed by atoms with Gasteiger partial charge in [0.2, 0.25) is 0 Å². The quantitative estimate of drug-likeness (QED) is 0.819. The average Bonchev–Trinajstić information content (AvgIpc) is 3.12. The van der Waals surface area contributed by atoms with Crippen LogP contribution in [0, 0.1) is 11.3 Å². The molecule has 6 nitrogen and oxygen atoms in total. The Morgan fingerprint density at radius 3 is 2.96 bits per heavy atom. The molecule has 2 N–H and O–H groups in total. The first-order valence-corrected chi connectivity index (χ1v) is 8.84. The maximum absolute atomic E-state index is 12.5. The van der Waals surface area contributed by atoms with Crippen molar-refractivity contribution in [2.24, 2.45) is 11.3 Å². The summed E-state index contributed by atoms with van der Waals surface area (Å²) in [6.07, 6.45) is 2.49. The number of carbonyl (C=O) groups excluding carboxylic acids is 1. The van der Waals surface area contributed by atoms with Gasteiger partial charge < -0.3 is 20.1 Å². The molecule has 3 rings (SSSR count). The molecule has 0 bridgehead atoms. The van der Waals surface area contributed by atoms with Crippen molar-refractivity contribution < 1.29 is 19.4 Å². The van der Waals surface area contributed by atoms with Gasteiger partial charge in [0.25, 0.3) is 0 Å². The lowest BCUT2D eigenvalue weighted by atomic mass is 9.81. The van der Waals surface area contributed by atoms with Crippen molar-refractivity contribution in [1.82, 2.24) is 10.2 Å². The summed E-state index contributed by atoms with van der Waals surface area (Å²) in [6, 6.07) is 5.37. The van der Waals surface area contributed by atoms with E-state index in [-0.39, 0.29) is 11.9 Å². The number of nitrogens with one attached hydrogen (secondary N) is 1. The zero-order chi connectivity index (χ0) is 17.3. The minimum Gasteiger partial charge on any atom is -0.497 e. The van der Waals surface area contributed by atoms with Gasteiger partial charge in [0.05, 0.1) is 12.5 Å². The molecule has 1 aliphatic carbocycles. The summed E-state index contributed by atoms with van der Waals surface area (Å²) in [4.78, 5) is 25.8. The van der Waals surface area contributed by atoms with Gasteiger partial charge in [-0.2, -0.15) is 0 Å². The van der Waals surface area contributed by atoms with Crippen molar-refractivity contribution in [2.45, 2.75) is 25.8 Å². The largest absolute Gasteiger partial charge is 0.497 e. The predicted molar refractivity (Wildman–Crippen MR) is 91.9 cm³/mol. The third-order valence-electron chi connectivity index (χ3n) is 5.27. The first kappa shape index (κ1) is 17.1. The maximum atomic E-state index is 12.5. The fourth-order valence-electron chi connectivity index (χ4n) is 3.89. The van der Waals surface area contributed by atoms with Gasteiger partial charge in [-0.05, 0) is 42.5 Å². The van der Waals surface area contributed by atoms with E-state index in [0.717, 1.165) is 28.6 Å². The number of carboxylic acid groups (broad SMARTS) is 1. The molecule has 0 radical (unpaired) electrons. The number of ether oxygens (including phenoxy) is 1. The predicted octanol–water partition coefficient (Wildman–Crippen LogP) is 2.85. The van der Waals surface area contributed by atoms with Crippen LogP contribution in [0.5, 0.6) is 5.75 Å². The standard InChI is InChI=1S/C17H21BrN2O4/c1-24-13-4-5-14(18)11(7-13)8-19-16(23)20-9-12-3-2-6-17(12,10-20)15(21)22/h4-5,7,12H,2-3,6,8-10H2,1H3,(H,19,23)(H,21,22)/t12-,17+/m0/s1. The monoisotopic (exact) mass is 396 g/mol. The van der Waals surface area contributed by atoms with E-state index in [1.54, 1.807) is 12.0 Å². The van der Waals surface area contributed by atoms with Crippen LogP contribution in [-0.4, -0.2) is 42.2 Å². The van der Waals surface area contributed by atoms with Crippen LogP contribution < -0.4 is 10.1 Å². The van der Waals surface area contributed by atoms with Crippen LogP contribution in [0.3, 0.4) is 0 Å². The molecule has 0 aromatic heterocycles. The van der Waals surface area contributed by atoms with Crippen LogP contribution in [0.4, 0.5) is 4.79 Å². The molecule has 1 heterocycles. The number of fused-ring (bicyclic) bond motifs is 1. The van der Waals surface area contributed by atoms with Crippen molar-refractivity contribution in [3.05, 3.63) is 28.2 Å². The van der Waals surface area contributed by atoms with Gasteiger partial charge in [-0.25, -0.2) is 4.79 Å². The first-order valence-electron chi connectivity index (χ1n) is 8.05. The summed E-state index contributed by atoms with van der Waals surface area (Å²) < 4.78 is 6.09. The molecule has 130 valence electrons. The van der Waals surface area contributed by atoms with Crippen LogP contribution in [0.15, 0.2) is 22.7 Å². The van der Waals surface area contributed by atoms with Gasteiger partial charge in [-0.1, -0.05) is 22.4 Å². The smallest absolute Gasteiger partial charge is 0.317 e. The van der Waals surface area contributed by atoms with Gasteiger partial charge in [-0.3, -0.25) is 4.79 Å². The van der Waals surface area contributed by atoms with E-state index in [1.807, 2.05) is 18.2 Å². The molecule has 1 aromatic rings. The molecular formula is C17H21BrN2O4. The van der Waals surface area contributed by atoms with Crippen molar-refractivity contribution in [2.75, 3.05) is 20.2 Å². The molecule has 0 unspecified atom stereocenters. The lowest BCUT2D eigenvalue weighted by molar-refractivity contribution is -0.149. The maximum Gasteiger partial charge on any atom is 0.317 e. The van der Waals surface area contributed by atoms with Gasteiger partial charge >= 0.3 is 12.0 Å². The molecule has 1 aromatic carbocycles. The fourth-order valence-corrected chi connectivity index (χ4v) is 4.28. The van der Waals surface area contributed by atoms with Crippen molar-refractivity contribution in [1.29, 1.82) is 0 Å².